The number of anilines is 4. The summed E-state index contributed by atoms with van der Waals surface area (Å²) in [6.07, 6.45) is 1.87. The van der Waals surface area contributed by atoms with Crippen molar-refractivity contribution in [2.24, 2.45) is 0 Å². The molecule has 0 atom stereocenters. The summed E-state index contributed by atoms with van der Waals surface area (Å²) in [6.45, 7) is 12.4. The molecule has 7 aromatic rings. The Kier molecular flexibility index (Phi) is 6.73. The van der Waals surface area contributed by atoms with Crippen LogP contribution < -0.4 is 9.80 Å². The summed E-state index contributed by atoms with van der Waals surface area (Å²) in [6, 6.07) is 48.5. The van der Waals surface area contributed by atoms with Gasteiger partial charge >= 0.3 is 0 Å². The third-order valence-corrected chi connectivity index (χ3v) is 9.91. The number of rotatable bonds is 5. The highest BCUT2D eigenvalue weighted by Gasteiger charge is 2.32. The van der Waals surface area contributed by atoms with E-state index in [2.05, 4.69) is 176 Å². The molecule has 0 bridgehead atoms. The third kappa shape index (κ3) is 4.87. The monoisotopic (exact) mass is 612 g/mol. The van der Waals surface area contributed by atoms with Crippen molar-refractivity contribution in [3.63, 3.8) is 0 Å². The maximum absolute atomic E-state index is 4.77. The highest BCUT2D eigenvalue weighted by Crippen LogP contribution is 2.46. The standard InChI is InChI=1S/C43H40N4/c1-42(2,3)31-25-32(27-34(26-31)46-29-45(33-15-7-6-8-16-33)38-19-11-12-20-39(38)46)43(4,5)30-22-23-36-35-17-9-10-18-37(35)47(40(36)28-30)41-21-13-14-24-44-41/h6-28H,29H2,1-5H3. The van der Waals surface area contributed by atoms with Gasteiger partial charge in [-0.05, 0) is 82.8 Å². The fraction of sp³-hybridized carbons (Fsp3) is 0.186. The van der Waals surface area contributed by atoms with Crippen molar-refractivity contribution >= 4 is 44.6 Å². The fourth-order valence-corrected chi connectivity index (χ4v) is 7.08. The Hall–Kier alpha value is -5.35. The molecule has 0 aliphatic carbocycles. The van der Waals surface area contributed by atoms with Gasteiger partial charge in [-0.25, -0.2) is 4.98 Å². The smallest absolute Gasteiger partial charge is 0.137 e. The second-order valence-corrected chi connectivity index (χ2v) is 14.2. The highest BCUT2D eigenvalue weighted by molar-refractivity contribution is 6.09. The van der Waals surface area contributed by atoms with Gasteiger partial charge in [0.1, 0.15) is 12.5 Å². The van der Waals surface area contributed by atoms with Crippen LogP contribution in [-0.4, -0.2) is 16.2 Å². The fourth-order valence-electron chi connectivity index (χ4n) is 7.08. The minimum Gasteiger partial charge on any atom is -0.321 e. The predicted molar refractivity (Wildman–Crippen MR) is 198 cm³/mol. The summed E-state index contributed by atoms with van der Waals surface area (Å²) in [5, 5.41) is 2.48. The van der Waals surface area contributed by atoms with Gasteiger partial charge in [0.05, 0.1) is 22.4 Å². The number of pyridine rings is 1. The van der Waals surface area contributed by atoms with Crippen molar-refractivity contribution in [3.8, 4) is 5.82 Å². The number of aromatic nitrogens is 2. The molecule has 0 spiro atoms. The van der Waals surface area contributed by atoms with Gasteiger partial charge in [-0.3, -0.25) is 4.57 Å². The second-order valence-electron chi connectivity index (χ2n) is 14.2. The van der Waals surface area contributed by atoms with E-state index >= 15 is 0 Å². The first-order valence-electron chi connectivity index (χ1n) is 16.5. The van der Waals surface area contributed by atoms with Gasteiger partial charge in [0, 0.05) is 33.8 Å². The van der Waals surface area contributed by atoms with E-state index in [1.165, 1.54) is 61.2 Å². The van der Waals surface area contributed by atoms with Crippen LogP contribution in [0, 0.1) is 0 Å². The summed E-state index contributed by atoms with van der Waals surface area (Å²) in [4.78, 5) is 9.65. The molecule has 0 amide bonds. The van der Waals surface area contributed by atoms with Gasteiger partial charge in [-0.15, -0.1) is 0 Å². The average Bonchev–Trinajstić information content (AvgIpc) is 3.65. The molecule has 232 valence electrons. The summed E-state index contributed by atoms with van der Waals surface area (Å²) in [7, 11) is 0. The van der Waals surface area contributed by atoms with Gasteiger partial charge < -0.3 is 9.80 Å². The maximum atomic E-state index is 4.77. The van der Waals surface area contributed by atoms with Crippen LogP contribution in [0.15, 0.2) is 140 Å². The van der Waals surface area contributed by atoms with Crippen LogP contribution in [0.4, 0.5) is 22.7 Å². The lowest BCUT2D eigenvalue weighted by Crippen LogP contribution is -2.26. The van der Waals surface area contributed by atoms with E-state index in [9.17, 15) is 0 Å². The zero-order chi connectivity index (χ0) is 32.3. The molecule has 0 saturated heterocycles. The van der Waals surface area contributed by atoms with Crippen molar-refractivity contribution < 1.29 is 0 Å². The summed E-state index contributed by atoms with van der Waals surface area (Å²) in [5.74, 6) is 0.932. The first-order valence-corrected chi connectivity index (χ1v) is 16.5. The maximum Gasteiger partial charge on any atom is 0.137 e. The molecule has 0 radical (unpaired) electrons. The van der Waals surface area contributed by atoms with Crippen LogP contribution in [0.25, 0.3) is 27.6 Å². The van der Waals surface area contributed by atoms with Crippen molar-refractivity contribution in [2.45, 2.75) is 45.4 Å². The van der Waals surface area contributed by atoms with Crippen molar-refractivity contribution in [2.75, 3.05) is 16.5 Å². The quantitative estimate of drug-likeness (QED) is 0.193. The zero-order valence-electron chi connectivity index (χ0n) is 27.8. The Balaban J connectivity index is 1.28. The van der Waals surface area contributed by atoms with Crippen LogP contribution in [0.1, 0.15) is 51.3 Å². The van der Waals surface area contributed by atoms with E-state index < -0.39 is 0 Å². The molecular weight excluding hydrogens is 573 g/mol. The van der Waals surface area contributed by atoms with E-state index in [4.69, 9.17) is 4.98 Å². The lowest BCUT2D eigenvalue weighted by atomic mass is 9.75. The summed E-state index contributed by atoms with van der Waals surface area (Å²) >= 11 is 0. The Morgan fingerprint density at radius 2 is 1.15 bits per heavy atom. The Morgan fingerprint density at radius 3 is 1.87 bits per heavy atom. The molecule has 8 rings (SSSR count). The number of fused-ring (bicyclic) bond motifs is 4. The number of benzene rings is 5. The minimum atomic E-state index is -0.270. The van der Waals surface area contributed by atoms with Gasteiger partial charge in [0.2, 0.25) is 0 Å². The molecule has 4 nitrogen and oxygen atoms in total. The second kappa shape index (κ2) is 10.9. The van der Waals surface area contributed by atoms with Gasteiger partial charge in [-0.1, -0.05) is 107 Å². The molecule has 0 fully saturated rings. The van der Waals surface area contributed by atoms with Crippen LogP contribution in [0.3, 0.4) is 0 Å². The molecule has 0 unspecified atom stereocenters. The number of hydrogen-bond donors (Lipinski definition) is 0. The van der Waals surface area contributed by atoms with E-state index in [1.807, 2.05) is 12.3 Å². The molecule has 1 aliphatic heterocycles. The van der Waals surface area contributed by atoms with Crippen LogP contribution >= 0.6 is 0 Å². The van der Waals surface area contributed by atoms with E-state index in [0.29, 0.717) is 0 Å². The Morgan fingerprint density at radius 1 is 0.511 bits per heavy atom. The summed E-state index contributed by atoms with van der Waals surface area (Å²) in [5.41, 5.74) is 10.8. The van der Waals surface area contributed by atoms with Crippen LogP contribution in [0.5, 0.6) is 0 Å². The highest BCUT2D eigenvalue weighted by atomic mass is 15.4. The predicted octanol–water partition coefficient (Wildman–Crippen LogP) is 11.0. The largest absolute Gasteiger partial charge is 0.321 e. The van der Waals surface area contributed by atoms with Crippen LogP contribution in [0.2, 0.25) is 0 Å². The van der Waals surface area contributed by atoms with Crippen LogP contribution in [-0.2, 0) is 10.8 Å². The molecular formula is C43H40N4. The first-order chi connectivity index (χ1) is 22.7. The molecule has 2 aromatic heterocycles. The number of para-hydroxylation sites is 4. The molecule has 5 aromatic carbocycles. The van der Waals surface area contributed by atoms with Gasteiger partial charge in [-0.2, -0.15) is 0 Å². The van der Waals surface area contributed by atoms with Gasteiger partial charge in [0.15, 0.2) is 0 Å². The lowest BCUT2D eigenvalue weighted by molar-refractivity contribution is 0.582. The minimum absolute atomic E-state index is 0.0193. The molecule has 47 heavy (non-hydrogen) atoms. The Labute approximate surface area is 277 Å². The normalized spacial score (nSPS) is 13.5. The van der Waals surface area contributed by atoms with E-state index in [0.717, 1.165) is 12.5 Å². The lowest BCUT2D eigenvalue weighted by Gasteiger charge is -2.32. The molecule has 0 saturated carbocycles. The van der Waals surface area contributed by atoms with Crippen molar-refractivity contribution in [1.82, 2.24) is 9.55 Å². The Bertz CT molecular complexity index is 2240. The molecule has 0 N–H and O–H groups in total. The molecule has 3 heterocycles. The van der Waals surface area contributed by atoms with Gasteiger partial charge in [0.25, 0.3) is 0 Å². The van der Waals surface area contributed by atoms with Crippen molar-refractivity contribution in [1.29, 1.82) is 0 Å². The number of nitrogens with zero attached hydrogens (tertiary/aromatic N) is 4. The average molecular weight is 613 g/mol. The topological polar surface area (TPSA) is 24.3 Å². The summed E-state index contributed by atoms with van der Waals surface area (Å²) < 4.78 is 2.31. The molecule has 1 aliphatic rings. The third-order valence-electron chi connectivity index (χ3n) is 9.91. The zero-order valence-corrected chi connectivity index (χ0v) is 27.8. The molecule has 4 heteroatoms. The number of hydrogen-bond acceptors (Lipinski definition) is 3. The van der Waals surface area contributed by atoms with E-state index in [1.54, 1.807) is 0 Å². The first kappa shape index (κ1) is 29.1. The van der Waals surface area contributed by atoms with E-state index in [-0.39, 0.29) is 10.8 Å². The SMILES string of the molecule is CC(C)(C)c1cc(N2CN(c3ccccc3)c3ccccc32)cc(C(C)(C)c2ccc3c4ccccc4n(-c4ccccn4)c3c2)c1. The van der Waals surface area contributed by atoms with Crippen molar-refractivity contribution in [3.05, 3.63) is 156 Å².